The highest BCUT2D eigenvalue weighted by Gasteiger charge is 2.22. The van der Waals surface area contributed by atoms with Gasteiger partial charge >= 0.3 is 0 Å². The lowest BCUT2D eigenvalue weighted by molar-refractivity contribution is 0.414. The van der Waals surface area contributed by atoms with E-state index >= 15 is 0 Å². The molecule has 0 saturated heterocycles. The van der Waals surface area contributed by atoms with Gasteiger partial charge in [-0.15, -0.1) is 0 Å². The third-order valence-electron chi connectivity index (χ3n) is 10.3. The first-order valence-corrected chi connectivity index (χ1v) is 17.4. The van der Waals surface area contributed by atoms with Crippen molar-refractivity contribution in [2.45, 2.75) is 52.4 Å². The summed E-state index contributed by atoms with van der Waals surface area (Å²) < 4.78 is 11.0. The average Bonchev–Trinajstić information content (AvgIpc) is 3.11. The molecule has 0 bridgehead atoms. The van der Waals surface area contributed by atoms with Gasteiger partial charge in [0.05, 0.1) is 14.2 Å². The summed E-state index contributed by atoms with van der Waals surface area (Å²) in [6, 6.07) is 40.0. The maximum Gasteiger partial charge on any atom is 0.118 e. The van der Waals surface area contributed by atoms with Crippen LogP contribution in [0.3, 0.4) is 0 Å². The summed E-state index contributed by atoms with van der Waals surface area (Å²) in [7, 11) is 3.41. The standard InChI is InChI=1S/C48H42O2/c1-47(2,3)36-24-32-13-14-34-27-42-43-31(12-9-29-10-18-38(49-7)19-11-29)23-37(48(4,5)6)26-35(43)28-41(30-15-20-39(50-8)21-16-30)46(42)40-22-17-33(25-36)44(32)45(34)40/h10-11,13-28H,1-8H3. The molecule has 0 aromatic heterocycles. The van der Waals surface area contributed by atoms with E-state index in [4.69, 9.17) is 9.47 Å². The summed E-state index contributed by atoms with van der Waals surface area (Å²) in [5.74, 6) is 8.81. The molecule has 8 aromatic rings. The molecule has 0 saturated carbocycles. The van der Waals surface area contributed by atoms with Gasteiger partial charge < -0.3 is 9.47 Å². The van der Waals surface area contributed by atoms with Crippen molar-refractivity contribution in [2.75, 3.05) is 14.2 Å². The molecule has 246 valence electrons. The maximum absolute atomic E-state index is 5.57. The molecule has 50 heavy (non-hydrogen) atoms. The van der Waals surface area contributed by atoms with Crippen molar-refractivity contribution in [3.63, 3.8) is 0 Å². The van der Waals surface area contributed by atoms with Gasteiger partial charge in [-0.25, -0.2) is 0 Å². The molecule has 0 aliphatic carbocycles. The molecule has 0 spiro atoms. The predicted molar refractivity (Wildman–Crippen MR) is 214 cm³/mol. The first-order valence-electron chi connectivity index (χ1n) is 17.4. The summed E-state index contributed by atoms with van der Waals surface area (Å²) in [6.45, 7) is 13.7. The Morgan fingerprint density at radius 2 is 0.980 bits per heavy atom. The minimum Gasteiger partial charge on any atom is -0.497 e. The van der Waals surface area contributed by atoms with Crippen LogP contribution in [0.2, 0.25) is 0 Å². The van der Waals surface area contributed by atoms with E-state index in [1.54, 1.807) is 14.2 Å². The molecule has 0 heterocycles. The predicted octanol–water partition coefficient (Wildman–Crippen LogP) is 12.6. The summed E-state index contributed by atoms with van der Waals surface area (Å²) in [5, 5.41) is 12.6. The molecule has 0 amide bonds. The lowest BCUT2D eigenvalue weighted by atomic mass is 9.80. The third kappa shape index (κ3) is 5.30. The molecule has 0 aliphatic heterocycles. The van der Waals surface area contributed by atoms with E-state index in [0.29, 0.717) is 0 Å². The SMILES string of the molecule is COc1ccc(C#Cc2cc(C(C)(C)C)cc3cc(-c4ccc(OC)cc4)c4c(cc5ccc6cc(C(C)(C)C)cc7ccc4c5c67)c23)cc1. The molecule has 8 aromatic carbocycles. The zero-order valence-corrected chi connectivity index (χ0v) is 30.2. The number of hydrogen-bond acceptors (Lipinski definition) is 2. The Balaban J connectivity index is 1.52. The van der Waals surface area contributed by atoms with Crippen LogP contribution in [-0.2, 0) is 10.8 Å². The van der Waals surface area contributed by atoms with Crippen molar-refractivity contribution in [2.24, 2.45) is 0 Å². The van der Waals surface area contributed by atoms with Gasteiger partial charge in [0, 0.05) is 16.5 Å². The Morgan fingerprint density at radius 1 is 0.440 bits per heavy atom. The molecule has 0 unspecified atom stereocenters. The molecule has 0 aliphatic rings. The fourth-order valence-electron chi connectivity index (χ4n) is 7.47. The van der Waals surface area contributed by atoms with Crippen molar-refractivity contribution in [1.29, 1.82) is 0 Å². The highest BCUT2D eigenvalue weighted by Crippen LogP contribution is 2.46. The molecule has 8 rings (SSSR count). The topological polar surface area (TPSA) is 18.5 Å². The number of ether oxygens (including phenoxy) is 2. The van der Waals surface area contributed by atoms with Crippen molar-refractivity contribution in [3.05, 3.63) is 131 Å². The molecule has 2 nitrogen and oxygen atoms in total. The number of hydrogen-bond donors (Lipinski definition) is 0. The zero-order valence-electron chi connectivity index (χ0n) is 30.2. The van der Waals surface area contributed by atoms with E-state index in [1.807, 2.05) is 24.3 Å². The lowest BCUT2D eigenvalue weighted by Gasteiger charge is -2.23. The van der Waals surface area contributed by atoms with Crippen molar-refractivity contribution in [1.82, 2.24) is 0 Å². The van der Waals surface area contributed by atoms with E-state index in [0.717, 1.165) is 28.2 Å². The van der Waals surface area contributed by atoms with Crippen LogP contribution >= 0.6 is 0 Å². The van der Waals surface area contributed by atoms with Gasteiger partial charge in [0.1, 0.15) is 11.5 Å². The Bertz CT molecular complexity index is 2630. The van der Waals surface area contributed by atoms with Crippen LogP contribution < -0.4 is 9.47 Å². The fraction of sp³-hybridized carbons (Fsp3) is 0.208. The Labute approximate surface area is 295 Å². The quantitative estimate of drug-likeness (QED) is 0.108. The second kappa shape index (κ2) is 11.5. The highest BCUT2D eigenvalue weighted by atomic mass is 16.5. The smallest absolute Gasteiger partial charge is 0.118 e. The van der Waals surface area contributed by atoms with E-state index in [9.17, 15) is 0 Å². The molecule has 0 radical (unpaired) electrons. The molecule has 2 heteroatoms. The molecular formula is C48H42O2. The van der Waals surface area contributed by atoms with Gasteiger partial charge in [0.25, 0.3) is 0 Å². The number of rotatable bonds is 3. The first kappa shape index (κ1) is 31.7. The summed E-state index contributed by atoms with van der Waals surface area (Å²) in [4.78, 5) is 0. The second-order valence-corrected chi connectivity index (χ2v) is 15.6. The third-order valence-corrected chi connectivity index (χ3v) is 10.3. The van der Waals surface area contributed by atoms with Crippen molar-refractivity contribution >= 4 is 53.9 Å². The lowest BCUT2D eigenvalue weighted by Crippen LogP contribution is -2.11. The normalized spacial score (nSPS) is 12.2. The molecule has 0 N–H and O–H groups in total. The van der Waals surface area contributed by atoms with Crippen LogP contribution in [0.25, 0.3) is 65.0 Å². The number of benzene rings is 8. The highest BCUT2D eigenvalue weighted by molar-refractivity contribution is 6.34. The molecular weight excluding hydrogens is 609 g/mol. The van der Waals surface area contributed by atoms with E-state index < -0.39 is 0 Å². The number of methoxy groups -OCH3 is 2. The van der Waals surface area contributed by atoms with Gasteiger partial charge in [0.2, 0.25) is 0 Å². The van der Waals surface area contributed by atoms with Gasteiger partial charge in [-0.1, -0.05) is 108 Å². The zero-order chi connectivity index (χ0) is 34.9. The van der Waals surface area contributed by atoms with Crippen LogP contribution in [0.15, 0.2) is 109 Å². The minimum absolute atomic E-state index is 0.0562. The molecule has 0 atom stereocenters. The van der Waals surface area contributed by atoms with E-state index in [1.165, 1.54) is 70.6 Å². The second-order valence-electron chi connectivity index (χ2n) is 15.6. The van der Waals surface area contributed by atoms with Gasteiger partial charge in [-0.05, 0) is 136 Å². The summed E-state index contributed by atoms with van der Waals surface area (Å²) in [5.41, 5.74) is 6.99. The largest absolute Gasteiger partial charge is 0.497 e. The Kier molecular flexibility index (Phi) is 7.32. The van der Waals surface area contributed by atoms with E-state index in [-0.39, 0.29) is 10.8 Å². The first-order chi connectivity index (χ1) is 23.9. The number of fused-ring (bicyclic) bond motifs is 4. The molecule has 0 fully saturated rings. The van der Waals surface area contributed by atoms with Crippen LogP contribution in [-0.4, -0.2) is 14.2 Å². The van der Waals surface area contributed by atoms with Crippen LogP contribution in [0.1, 0.15) is 63.8 Å². The maximum atomic E-state index is 5.57. The van der Waals surface area contributed by atoms with Gasteiger partial charge in [0.15, 0.2) is 0 Å². The van der Waals surface area contributed by atoms with Crippen molar-refractivity contribution in [3.8, 4) is 34.5 Å². The van der Waals surface area contributed by atoms with Crippen LogP contribution in [0, 0.1) is 11.8 Å². The van der Waals surface area contributed by atoms with Gasteiger partial charge in [-0.2, -0.15) is 0 Å². The fourth-order valence-corrected chi connectivity index (χ4v) is 7.47. The van der Waals surface area contributed by atoms with E-state index in [2.05, 4.69) is 138 Å². The van der Waals surface area contributed by atoms with Crippen molar-refractivity contribution < 1.29 is 9.47 Å². The van der Waals surface area contributed by atoms with Crippen LogP contribution in [0.5, 0.6) is 11.5 Å². The summed E-state index contributed by atoms with van der Waals surface area (Å²) >= 11 is 0. The van der Waals surface area contributed by atoms with Gasteiger partial charge in [-0.3, -0.25) is 0 Å². The monoisotopic (exact) mass is 650 g/mol. The average molecular weight is 651 g/mol. The minimum atomic E-state index is -0.0562. The Hall–Kier alpha value is -5.52. The van der Waals surface area contributed by atoms with Crippen LogP contribution in [0.4, 0.5) is 0 Å². The Morgan fingerprint density at radius 3 is 1.58 bits per heavy atom. The summed E-state index contributed by atoms with van der Waals surface area (Å²) in [6.07, 6.45) is 0.